The van der Waals surface area contributed by atoms with Crippen molar-refractivity contribution in [2.24, 2.45) is 46.3 Å². The first-order valence-electron chi connectivity index (χ1n) is 15.6. The van der Waals surface area contributed by atoms with E-state index in [0.717, 1.165) is 37.5 Å². The van der Waals surface area contributed by atoms with Crippen molar-refractivity contribution in [3.8, 4) is 0 Å². The minimum atomic E-state index is -0.937. The molecule has 4 saturated carbocycles. The van der Waals surface area contributed by atoms with Crippen LogP contribution in [0.1, 0.15) is 111 Å². The summed E-state index contributed by atoms with van der Waals surface area (Å²) in [6.07, 6.45) is 10.9. The standard InChI is InChI=1S/C31H48N2O6/c1-5-32-26(34)11-6-19(2)23-9-10-24-22-8-7-20-18-21(38-29(37)39-33-27(35)12-13-28(33)36)14-16-30(20,3)25(22)15-17-31(23,24)4/h19-25H,5-18H2,1-4H3,(H,32,34)/t19-,20-,21-,22?,23-,24?,25?,30+,31-/m1/s1. The lowest BCUT2D eigenvalue weighted by atomic mass is 9.44. The van der Waals surface area contributed by atoms with E-state index in [1.54, 1.807) is 0 Å². The van der Waals surface area contributed by atoms with Gasteiger partial charge in [-0.1, -0.05) is 25.8 Å². The Labute approximate surface area is 233 Å². The van der Waals surface area contributed by atoms with Gasteiger partial charge in [0.05, 0.1) is 0 Å². The van der Waals surface area contributed by atoms with E-state index in [0.29, 0.717) is 47.1 Å². The van der Waals surface area contributed by atoms with E-state index in [2.05, 4.69) is 26.1 Å². The van der Waals surface area contributed by atoms with Gasteiger partial charge in [-0.05, 0) is 117 Å². The van der Waals surface area contributed by atoms with E-state index >= 15 is 0 Å². The molecule has 0 radical (unpaired) electrons. The van der Waals surface area contributed by atoms with Crippen LogP contribution < -0.4 is 5.32 Å². The van der Waals surface area contributed by atoms with Crippen LogP contribution in [0.2, 0.25) is 0 Å². The van der Waals surface area contributed by atoms with Gasteiger partial charge in [0.2, 0.25) is 5.91 Å². The quantitative estimate of drug-likeness (QED) is 0.322. The summed E-state index contributed by atoms with van der Waals surface area (Å²) in [6, 6.07) is 0. The molecular formula is C31H48N2O6. The Bertz CT molecular complexity index is 968. The maximum Gasteiger partial charge on any atom is 0.534 e. The molecule has 5 aliphatic rings. The zero-order chi connectivity index (χ0) is 27.9. The molecule has 1 aliphatic heterocycles. The molecule has 0 bridgehead atoms. The summed E-state index contributed by atoms with van der Waals surface area (Å²) in [6.45, 7) is 10.1. The first kappa shape index (κ1) is 28.4. The number of fused-ring (bicyclic) bond motifs is 5. The third kappa shape index (κ3) is 5.21. The van der Waals surface area contributed by atoms with E-state index in [9.17, 15) is 19.2 Å². The lowest BCUT2D eigenvalue weighted by Gasteiger charge is -2.61. The molecule has 1 saturated heterocycles. The van der Waals surface area contributed by atoms with Gasteiger partial charge in [0, 0.05) is 25.8 Å². The fraction of sp³-hybridized carbons (Fsp3) is 0.871. The number of carbonyl (C=O) groups excluding carboxylic acids is 4. The van der Waals surface area contributed by atoms with Crippen LogP contribution in [0.5, 0.6) is 0 Å². The Morgan fingerprint density at radius 2 is 1.67 bits per heavy atom. The van der Waals surface area contributed by atoms with Crippen LogP contribution in [0.3, 0.4) is 0 Å². The van der Waals surface area contributed by atoms with Gasteiger partial charge in [-0.2, -0.15) is 0 Å². The van der Waals surface area contributed by atoms with Crippen LogP contribution in [0.25, 0.3) is 0 Å². The van der Waals surface area contributed by atoms with E-state index < -0.39 is 18.0 Å². The number of nitrogens with zero attached hydrogens (tertiary/aromatic N) is 1. The molecule has 1 N–H and O–H groups in total. The molecular weight excluding hydrogens is 496 g/mol. The number of imide groups is 1. The largest absolute Gasteiger partial charge is 0.534 e. The SMILES string of the molecule is CCNC(=O)CC[C@@H](C)[C@H]1CCC2C3CC[C@@H]4C[C@H](OC(=O)ON5C(=O)CCC5=O)CC[C@]4(C)C3CC[C@@]21C. The molecule has 9 atom stereocenters. The second kappa shape index (κ2) is 11.0. The summed E-state index contributed by atoms with van der Waals surface area (Å²) in [5.74, 6) is 3.25. The van der Waals surface area contributed by atoms with Crippen molar-refractivity contribution in [3.63, 3.8) is 0 Å². The Kier molecular flexibility index (Phi) is 8.04. The van der Waals surface area contributed by atoms with E-state index in [-0.39, 0.29) is 30.3 Å². The first-order valence-corrected chi connectivity index (χ1v) is 15.6. The van der Waals surface area contributed by atoms with Gasteiger partial charge in [-0.3, -0.25) is 19.2 Å². The first-order chi connectivity index (χ1) is 18.6. The number of ether oxygens (including phenoxy) is 1. The molecule has 0 spiro atoms. The minimum Gasteiger partial charge on any atom is -0.429 e. The van der Waals surface area contributed by atoms with Gasteiger partial charge < -0.3 is 10.1 Å². The van der Waals surface area contributed by atoms with Gasteiger partial charge >= 0.3 is 6.16 Å². The average molecular weight is 545 g/mol. The molecule has 0 aromatic rings. The molecule has 0 aromatic heterocycles. The van der Waals surface area contributed by atoms with Crippen LogP contribution in [-0.2, 0) is 24.0 Å². The summed E-state index contributed by atoms with van der Waals surface area (Å²) >= 11 is 0. The monoisotopic (exact) mass is 544 g/mol. The summed E-state index contributed by atoms with van der Waals surface area (Å²) in [7, 11) is 0. The highest BCUT2D eigenvalue weighted by Gasteiger charge is 2.60. The molecule has 8 nitrogen and oxygen atoms in total. The fourth-order valence-electron chi connectivity index (χ4n) is 10.0. The van der Waals surface area contributed by atoms with Gasteiger partial charge in [-0.15, -0.1) is 0 Å². The number of carbonyl (C=O) groups is 4. The van der Waals surface area contributed by atoms with Crippen molar-refractivity contribution in [3.05, 3.63) is 0 Å². The van der Waals surface area contributed by atoms with E-state index in [1.165, 1.54) is 38.5 Å². The predicted octanol–water partition coefficient (Wildman–Crippen LogP) is 5.78. The molecule has 218 valence electrons. The van der Waals surface area contributed by atoms with Gasteiger partial charge in [-0.25, -0.2) is 4.79 Å². The summed E-state index contributed by atoms with van der Waals surface area (Å²) in [5.41, 5.74) is 0.635. The van der Waals surface area contributed by atoms with Gasteiger partial charge in [0.25, 0.3) is 11.8 Å². The Morgan fingerprint density at radius 1 is 0.974 bits per heavy atom. The lowest BCUT2D eigenvalue weighted by molar-refractivity contribution is -0.181. The zero-order valence-corrected chi connectivity index (χ0v) is 24.3. The molecule has 3 unspecified atom stereocenters. The summed E-state index contributed by atoms with van der Waals surface area (Å²) in [4.78, 5) is 53.0. The van der Waals surface area contributed by atoms with E-state index in [1.807, 2.05) is 6.92 Å². The maximum atomic E-state index is 12.4. The highest BCUT2D eigenvalue weighted by Crippen LogP contribution is 2.68. The summed E-state index contributed by atoms with van der Waals surface area (Å²) < 4.78 is 5.63. The van der Waals surface area contributed by atoms with Crippen molar-refractivity contribution in [1.82, 2.24) is 10.4 Å². The normalized spacial score (nSPS) is 40.4. The Morgan fingerprint density at radius 3 is 2.38 bits per heavy atom. The maximum absolute atomic E-state index is 12.4. The Hall–Kier alpha value is -2.12. The average Bonchev–Trinajstić information content (AvgIpc) is 3.41. The number of hydroxylamine groups is 2. The highest BCUT2D eigenvalue weighted by atomic mass is 16.8. The van der Waals surface area contributed by atoms with Crippen molar-refractivity contribution in [2.75, 3.05) is 6.54 Å². The fourth-order valence-corrected chi connectivity index (χ4v) is 10.0. The number of hydrogen-bond donors (Lipinski definition) is 1. The van der Waals surface area contributed by atoms with Gasteiger partial charge in [0.1, 0.15) is 6.10 Å². The molecule has 39 heavy (non-hydrogen) atoms. The van der Waals surface area contributed by atoms with Crippen LogP contribution >= 0.6 is 0 Å². The topological polar surface area (TPSA) is 102 Å². The van der Waals surface area contributed by atoms with Gasteiger partial charge in [0.15, 0.2) is 0 Å². The molecule has 4 aliphatic carbocycles. The van der Waals surface area contributed by atoms with Crippen LogP contribution in [-0.4, -0.2) is 41.6 Å². The Balaban J connectivity index is 1.18. The number of hydrogen-bond acceptors (Lipinski definition) is 6. The van der Waals surface area contributed by atoms with E-state index in [4.69, 9.17) is 9.57 Å². The molecule has 5 rings (SSSR count). The minimum absolute atomic E-state index is 0.0777. The zero-order valence-electron chi connectivity index (χ0n) is 24.3. The van der Waals surface area contributed by atoms with Crippen LogP contribution in [0, 0.1) is 46.3 Å². The van der Waals surface area contributed by atoms with Crippen molar-refractivity contribution >= 4 is 23.9 Å². The second-order valence-corrected chi connectivity index (χ2v) is 13.8. The van der Waals surface area contributed by atoms with Crippen molar-refractivity contribution in [2.45, 2.75) is 117 Å². The lowest BCUT2D eigenvalue weighted by Crippen LogP contribution is -2.54. The third-order valence-electron chi connectivity index (χ3n) is 12.0. The van der Waals surface area contributed by atoms with Crippen LogP contribution in [0.4, 0.5) is 4.79 Å². The van der Waals surface area contributed by atoms with Crippen LogP contribution in [0.15, 0.2) is 0 Å². The summed E-state index contributed by atoms with van der Waals surface area (Å²) in [5, 5.41) is 3.52. The third-order valence-corrected chi connectivity index (χ3v) is 12.0. The smallest absolute Gasteiger partial charge is 0.429 e. The number of nitrogens with one attached hydrogen (secondary N) is 1. The number of rotatable bonds is 7. The molecule has 3 amide bonds. The molecule has 1 heterocycles. The molecule has 0 aromatic carbocycles. The molecule has 8 heteroatoms. The highest BCUT2D eigenvalue weighted by molar-refractivity contribution is 6.01. The van der Waals surface area contributed by atoms with Crippen molar-refractivity contribution < 1.29 is 28.8 Å². The van der Waals surface area contributed by atoms with Crippen molar-refractivity contribution in [1.29, 1.82) is 0 Å². The second-order valence-electron chi connectivity index (χ2n) is 13.8. The number of amides is 3. The predicted molar refractivity (Wildman–Crippen MR) is 145 cm³/mol. The molecule has 5 fully saturated rings.